The Morgan fingerprint density at radius 2 is 2.33 bits per heavy atom. The molecule has 2 aromatic heterocycles. The Labute approximate surface area is 117 Å². The van der Waals surface area contributed by atoms with Gasteiger partial charge in [-0.2, -0.15) is 0 Å². The summed E-state index contributed by atoms with van der Waals surface area (Å²) in [7, 11) is 1.79. The maximum Gasteiger partial charge on any atom is 0.223 e. The van der Waals surface area contributed by atoms with E-state index in [-0.39, 0.29) is 0 Å². The molecule has 2 rings (SSSR count). The maximum absolute atomic E-state index is 4.41. The van der Waals surface area contributed by atoms with Crippen LogP contribution in [0.4, 0.5) is 5.95 Å². The SMILES string of the molecule is CCCNc1ncc(Br)c(Sc2nnnn2C)n1. The largest absolute Gasteiger partial charge is 0.354 e. The van der Waals surface area contributed by atoms with Gasteiger partial charge in [0.05, 0.1) is 4.47 Å². The van der Waals surface area contributed by atoms with E-state index in [2.05, 4.69) is 53.7 Å². The summed E-state index contributed by atoms with van der Waals surface area (Å²) in [6.45, 7) is 2.93. The number of aromatic nitrogens is 6. The summed E-state index contributed by atoms with van der Waals surface area (Å²) in [6, 6.07) is 0. The van der Waals surface area contributed by atoms with Crippen molar-refractivity contribution in [3.63, 3.8) is 0 Å². The summed E-state index contributed by atoms with van der Waals surface area (Å²) >= 11 is 4.80. The standard InChI is InChI=1S/C9H12BrN7S/c1-3-4-11-8-12-5-6(10)7(13-8)18-9-14-15-16-17(9)2/h5H,3-4H2,1-2H3,(H,11,12,13). The molecule has 0 saturated carbocycles. The smallest absolute Gasteiger partial charge is 0.223 e. The van der Waals surface area contributed by atoms with Crippen molar-refractivity contribution in [2.45, 2.75) is 23.5 Å². The Kier molecular flexibility index (Phi) is 4.48. The van der Waals surface area contributed by atoms with Crippen LogP contribution in [0.5, 0.6) is 0 Å². The molecule has 0 spiro atoms. The second kappa shape index (κ2) is 6.10. The Morgan fingerprint density at radius 3 is 3.00 bits per heavy atom. The first-order chi connectivity index (χ1) is 8.70. The quantitative estimate of drug-likeness (QED) is 0.836. The van der Waals surface area contributed by atoms with E-state index in [1.807, 2.05) is 0 Å². The zero-order chi connectivity index (χ0) is 13.0. The highest BCUT2D eigenvalue weighted by molar-refractivity contribution is 9.10. The van der Waals surface area contributed by atoms with Gasteiger partial charge in [-0.3, -0.25) is 0 Å². The molecule has 96 valence electrons. The average molecular weight is 330 g/mol. The van der Waals surface area contributed by atoms with E-state index in [1.165, 1.54) is 11.8 Å². The number of hydrogen-bond acceptors (Lipinski definition) is 7. The number of rotatable bonds is 5. The van der Waals surface area contributed by atoms with Crippen molar-refractivity contribution in [3.8, 4) is 0 Å². The molecule has 7 nitrogen and oxygen atoms in total. The number of hydrogen-bond donors (Lipinski definition) is 1. The Balaban J connectivity index is 2.18. The van der Waals surface area contributed by atoms with Crippen LogP contribution in [0, 0.1) is 0 Å². The first-order valence-electron chi connectivity index (χ1n) is 5.37. The lowest BCUT2D eigenvalue weighted by Crippen LogP contribution is -2.05. The molecule has 0 bridgehead atoms. The molecule has 0 aliphatic heterocycles. The highest BCUT2D eigenvalue weighted by atomic mass is 79.9. The van der Waals surface area contributed by atoms with Crippen molar-refractivity contribution >= 4 is 33.6 Å². The van der Waals surface area contributed by atoms with Crippen molar-refractivity contribution in [2.75, 3.05) is 11.9 Å². The van der Waals surface area contributed by atoms with Crippen molar-refractivity contribution in [2.24, 2.45) is 7.05 Å². The van der Waals surface area contributed by atoms with E-state index in [1.54, 1.807) is 17.9 Å². The monoisotopic (exact) mass is 329 g/mol. The molecule has 0 saturated heterocycles. The van der Waals surface area contributed by atoms with E-state index < -0.39 is 0 Å². The summed E-state index contributed by atoms with van der Waals surface area (Å²) in [6.07, 6.45) is 2.74. The van der Waals surface area contributed by atoms with Gasteiger partial charge in [-0.05, 0) is 44.5 Å². The van der Waals surface area contributed by atoms with Gasteiger partial charge in [0.25, 0.3) is 0 Å². The van der Waals surface area contributed by atoms with Crippen LogP contribution in [0.1, 0.15) is 13.3 Å². The van der Waals surface area contributed by atoms with E-state index in [4.69, 9.17) is 0 Å². The minimum atomic E-state index is 0.609. The van der Waals surface area contributed by atoms with Gasteiger partial charge in [0.1, 0.15) is 5.03 Å². The van der Waals surface area contributed by atoms with Gasteiger partial charge < -0.3 is 5.32 Å². The van der Waals surface area contributed by atoms with Gasteiger partial charge >= 0.3 is 0 Å². The van der Waals surface area contributed by atoms with Crippen LogP contribution in [-0.2, 0) is 7.05 Å². The summed E-state index contributed by atoms with van der Waals surface area (Å²) < 4.78 is 2.41. The zero-order valence-electron chi connectivity index (χ0n) is 9.96. The number of tetrazole rings is 1. The van der Waals surface area contributed by atoms with Crippen LogP contribution in [0.15, 0.2) is 20.9 Å². The van der Waals surface area contributed by atoms with Gasteiger partial charge in [-0.25, -0.2) is 14.6 Å². The third kappa shape index (κ3) is 3.16. The fourth-order valence-corrected chi connectivity index (χ4v) is 2.27. The molecule has 0 amide bonds. The Morgan fingerprint density at radius 1 is 1.50 bits per heavy atom. The molecule has 0 radical (unpaired) electrons. The highest BCUT2D eigenvalue weighted by Crippen LogP contribution is 2.30. The topological polar surface area (TPSA) is 81.4 Å². The van der Waals surface area contributed by atoms with Crippen LogP contribution in [0.25, 0.3) is 0 Å². The molecule has 0 atom stereocenters. The minimum Gasteiger partial charge on any atom is -0.354 e. The maximum atomic E-state index is 4.41. The van der Waals surface area contributed by atoms with E-state index in [0.29, 0.717) is 11.1 Å². The fraction of sp³-hybridized carbons (Fsp3) is 0.444. The predicted octanol–water partition coefficient (Wildman–Crippen LogP) is 1.74. The number of aryl methyl sites for hydroxylation is 1. The number of anilines is 1. The molecule has 0 aliphatic carbocycles. The van der Waals surface area contributed by atoms with Crippen LogP contribution in [0.2, 0.25) is 0 Å². The van der Waals surface area contributed by atoms with Gasteiger partial charge in [0, 0.05) is 19.8 Å². The van der Waals surface area contributed by atoms with Crippen LogP contribution in [-0.4, -0.2) is 36.7 Å². The normalized spacial score (nSPS) is 10.6. The molecule has 18 heavy (non-hydrogen) atoms. The first kappa shape index (κ1) is 13.2. The summed E-state index contributed by atoms with van der Waals surface area (Å²) in [5.41, 5.74) is 0. The zero-order valence-corrected chi connectivity index (χ0v) is 12.4. The second-order valence-electron chi connectivity index (χ2n) is 3.46. The van der Waals surface area contributed by atoms with E-state index in [9.17, 15) is 0 Å². The van der Waals surface area contributed by atoms with Gasteiger partial charge in [0.15, 0.2) is 0 Å². The lowest BCUT2D eigenvalue weighted by atomic mass is 10.5. The van der Waals surface area contributed by atoms with Crippen molar-refractivity contribution in [1.82, 2.24) is 30.2 Å². The van der Waals surface area contributed by atoms with Crippen LogP contribution in [0.3, 0.4) is 0 Å². The average Bonchev–Trinajstić information content (AvgIpc) is 2.76. The molecule has 1 N–H and O–H groups in total. The third-order valence-corrected chi connectivity index (χ3v) is 3.89. The van der Waals surface area contributed by atoms with E-state index in [0.717, 1.165) is 22.5 Å². The molecule has 9 heteroatoms. The molecule has 2 aromatic rings. The summed E-state index contributed by atoms with van der Waals surface area (Å²) in [4.78, 5) is 8.60. The first-order valence-corrected chi connectivity index (χ1v) is 6.98. The molecular weight excluding hydrogens is 318 g/mol. The lowest BCUT2D eigenvalue weighted by Gasteiger charge is -2.06. The summed E-state index contributed by atoms with van der Waals surface area (Å²) in [5, 5.41) is 15.9. The lowest BCUT2D eigenvalue weighted by molar-refractivity contribution is 0.664. The minimum absolute atomic E-state index is 0.609. The molecule has 0 aliphatic rings. The second-order valence-corrected chi connectivity index (χ2v) is 5.27. The number of halogens is 1. The molecule has 0 fully saturated rings. The van der Waals surface area contributed by atoms with Gasteiger partial charge in [-0.15, -0.1) is 5.10 Å². The molecular formula is C9H12BrN7S. The van der Waals surface area contributed by atoms with Gasteiger partial charge in [-0.1, -0.05) is 6.92 Å². The third-order valence-electron chi connectivity index (χ3n) is 2.01. The van der Waals surface area contributed by atoms with E-state index >= 15 is 0 Å². The molecule has 0 aromatic carbocycles. The fourth-order valence-electron chi connectivity index (χ4n) is 1.14. The molecule has 0 unspecified atom stereocenters. The number of nitrogens with zero attached hydrogens (tertiary/aromatic N) is 6. The molecule has 2 heterocycles. The highest BCUT2D eigenvalue weighted by Gasteiger charge is 2.11. The predicted molar refractivity (Wildman–Crippen MR) is 71.4 cm³/mol. The van der Waals surface area contributed by atoms with Gasteiger partial charge in [0.2, 0.25) is 11.1 Å². The Bertz CT molecular complexity index is 529. The summed E-state index contributed by atoms with van der Waals surface area (Å²) in [5.74, 6) is 0.609. The van der Waals surface area contributed by atoms with Crippen molar-refractivity contribution in [3.05, 3.63) is 10.7 Å². The van der Waals surface area contributed by atoms with Crippen LogP contribution >= 0.6 is 27.7 Å². The number of nitrogens with one attached hydrogen (secondary N) is 1. The van der Waals surface area contributed by atoms with Crippen molar-refractivity contribution in [1.29, 1.82) is 0 Å². The van der Waals surface area contributed by atoms with Crippen LogP contribution < -0.4 is 5.32 Å². The Hall–Kier alpha value is -1.22. The van der Waals surface area contributed by atoms with Crippen molar-refractivity contribution < 1.29 is 0 Å².